The first-order valence-corrected chi connectivity index (χ1v) is 9.91. The molecule has 0 radical (unpaired) electrons. The van der Waals surface area contributed by atoms with Crippen LogP contribution in [0.1, 0.15) is 42.3 Å². The van der Waals surface area contributed by atoms with Gasteiger partial charge in [-0.2, -0.15) is 18.3 Å². The van der Waals surface area contributed by atoms with E-state index in [0.29, 0.717) is 25.1 Å². The summed E-state index contributed by atoms with van der Waals surface area (Å²) in [4.78, 5) is 27.0. The molecule has 162 valence electrons. The standard InChI is InChI=1S/C20H23F3N4O3/c1-13-5-7-14(8-6-13)11-26-18(29)27-15(3-2-4-16(27)24-26)17(28)25-10-9-19(30,12-25)20(21,22)23/h5-8,15,30H,2-4,9-12H2,1H3/t15-,19+/m0/s1. The van der Waals surface area contributed by atoms with Crippen molar-refractivity contribution >= 4 is 5.91 Å². The number of aryl methyl sites for hydroxylation is 2. The summed E-state index contributed by atoms with van der Waals surface area (Å²) in [6.45, 7) is 1.19. The van der Waals surface area contributed by atoms with E-state index in [1.165, 1.54) is 9.25 Å². The van der Waals surface area contributed by atoms with Crippen molar-refractivity contribution in [1.29, 1.82) is 0 Å². The number of nitrogens with zero attached hydrogens (tertiary/aromatic N) is 4. The third kappa shape index (κ3) is 3.53. The van der Waals surface area contributed by atoms with Gasteiger partial charge in [0.1, 0.15) is 11.9 Å². The highest BCUT2D eigenvalue weighted by Gasteiger charge is 2.58. The Morgan fingerprint density at radius 1 is 1.30 bits per heavy atom. The zero-order valence-corrected chi connectivity index (χ0v) is 16.5. The van der Waals surface area contributed by atoms with Gasteiger partial charge in [0.25, 0.3) is 0 Å². The first kappa shape index (κ1) is 20.6. The highest BCUT2D eigenvalue weighted by atomic mass is 19.4. The number of rotatable bonds is 3. The van der Waals surface area contributed by atoms with Crippen molar-refractivity contribution in [2.75, 3.05) is 13.1 Å². The van der Waals surface area contributed by atoms with E-state index in [9.17, 15) is 27.9 Å². The first-order valence-electron chi connectivity index (χ1n) is 9.91. The van der Waals surface area contributed by atoms with Gasteiger partial charge in [-0.1, -0.05) is 29.8 Å². The van der Waals surface area contributed by atoms with Gasteiger partial charge >= 0.3 is 11.9 Å². The first-order chi connectivity index (χ1) is 14.1. The predicted octanol–water partition coefficient (Wildman–Crippen LogP) is 1.80. The number of hydrogen-bond donors (Lipinski definition) is 1. The summed E-state index contributed by atoms with van der Waals surface area (Å²) in [5, 5.41) is 14.2. The molecule has 4 rings (SSSR count). The number of hydrogen-bond acceptors (Lipinski definition) is 4. The number of β-amino-alcohol motifs (C(OH)–C–C–N with tert-alkyl or cyclic N) is 1. The Kier molecular flexibility index (Phi) is 5.00. The SMILES string of the molecule is Cc1ccc(Cn2nc3n(c2=O)[C@H](C(=O)N2CC[C@](O)(C(F)(F)F)C2)CCC3)cc1. The van der Waals surface area contributed by atoms with E-state index in [1.54, 1.807) is 0 Å². The smallest absolute Gasteiger partial charge is 0.379 e. The molecule has 1 aromatic carbocycles. The number of carbonyl (C=O) groups is 1. The highest BCUT2D eigenvalue weighted by Crippen LogP contribution is 2.38. The quantitative estimate of drug-likeness (QED) is 0.815. The van der Waals surface area contributed by atoms with Gasteiger partial charge in [-0.15, -0.1) is 0 Å². The van der Waals surface area contributed by atoms with E-state index in [4.69, 9.17) is 0 Å². The molecule has 1 fully saturated rings. The second-order valence-corrected chi connectivity index (χ2v) is 8.16. The minimum Gasteiger partial charge on any atom is -0.379 e. The Labute approximate surface area is 170 Å². The molecule has 7 nitrogen and oxygen atoms in total. The highest BCUT2D eigenvalue weighted by molar-refractivity contribution is 5.81. The Morgan fingerprint density at radius 3 is 2.63 bits per heavy atom. The van der Waals surface area contributed by atoms with Gasteiger partial charge in [-0.05, 0) is 25.3 Å². The number of carbonyl (C=O) groups excluding carboxylic acids is 1. The number of fused-ring (bicyclic) bond motifs is 1. The zero-order valence-electron chi connectivity index (χ0n) is 16.5. The molecule has 0 bridgehead atoms. The summed E-state index contributed by atoms with van der Waals surface area (Å²) in [5.41, 5.74) is -1.38. The van der Waals surface area contributed by atoms with E-state index < -0.39 is 42.4 Å². The van der Waals surface area contributed by atoms with Gasteiger partial charge in [0.05, 0.1) is 13.1 Å². The van der Waals surface area contributed by atoms with E-state index in [2.05, 4.69) is 5.10 Å². The lowest BCUT2D eigenvalue weighted by Crippen LogP contribution is -2.49. The molecule has 2 atom stereocenters. The fourth-order valence-corrected chi connectivity index (χ4v) is 4.16. The van der Waals surface area contributed by atoms with Gasteiger partial charge in [0.2, 0.25) is 5.91 Å². The number of aliphatic hydroxyl groups is 1. The lowest BCUT2D eigenvalue weighted by atomic mass is 10.0. The third-order valence-electron chi connectivity index (χ3n) is 5.96. The minimum atomic E-state index is -4.81. The van der Waals surface area contributed by atoms with Crippen LogP contribution in [0.4, 0.5) is 13.2 Å². The molecular formula is C20H23F3N4O3. The summed E-state index contributed by atoms with van der Waals surface area (Å²) in [7, 11) is 0. The normalized spacial score (nSPS) is 24.2. The van der Waals surface area contributed by atoms with Crippen LogP contribution in [0.15, 0.2) is 29.1 Å². The number of benzene rings is 1. The van der Waals surface area contributed by atoms with Gasteiger partial charge < -0.3 is 10.0 Å². The fourth-order valence-electron chi connectivity index (χ4n) is 4.16. The maximum absolute atomic E-state index is 13.1. The number of alkyl halides is 3. The maximum atomic E-state index is 13.1. The Balaban J connectivity index is 1.58. The number of amides is 1. The van der Waals surface area contributed by atoms with Crippen LogP contribution in [0.25, 0.3) is 0 Å². The molecule has 10 heteroatoms. The second kappa shape index (κ2) is 7.26. The van der Waals surface area contributed by atoms with E-state index in [0.717, 1.165) is 16.0 Å². The maximum Gasteiger partial charge on any atom is 0.419 e. The van der Waals surface area contributed by atoms with Crippen molar-refractivity contribution < 1.29 is 23.1 Å². The lowest BCUT2D eigenvalue weighted by molar-refractivity contribution is -0.253. The van der Waals surface area contributed by atoms with Gasteiger partial charge in [-0.3, -0.25) is 9.36 Å². The molecule has 3 heterocycles. The average molecular weight is 424 g/mol. The van der Waals surface area contributed by atoms with Crippen LogP contribution >= 0.6 is 0 Å². The van der Waals surface area contributed by atoms with Crippen molar-refractivity contribution in [2.45, 2.75) is 57.0 Å². The molecule has 30 heavy (non-hydrogen) atoms. The summed E-state index contributed by atoms with van der Waals surface area (Å²) in [6, 6.07) is 6.75. The molecule has 0 saturated carbocycles. The van der Waals surface area contributed by atoms with Crippen molar-refractivity contribution in [3.8, 4) is 0 Å². The molecule has 2 aliphatic rings. The van der Waals surface area contributed by atoms with Gasteiger partial charge in [0, 0.05) is 19.4 Å². The lowest BCUT2D eigenvalue weighted by Gasteiger charge is -2.29. The largest absolute Gasteiger partial charge is 0.419 e. The van der Waals surface area contributed by atoms with Crippen LogP contribution in [-0.2, 0) is 17.8 Å². The topological polar surface area (TPSA) is 80.4 Å². The minimum absolute atomic E-state index is 0.201. The summed E-state index contributed by atoms with van der Waals surface area (Å²) < 4.78 is 41.9. The van der Waals surface area contributed by atoms with Crippen molar-refractivity contribution in [1.82, 2.24) is 19.2 Å². The molecule has 1 amide bonds. The molecule has 2 aromatic rings. The fraction of sp³-hybridized carbons (Fsp3) is 0.550. The molecule has 1 N–H and O–H groups in total. The molecule has 2 aliphatic heterocycles. The molecule has 1 aromatic heterocycles. The van der Waals surface area contributed by atoms with Crippen molar-refractivity contribution in [3.63, 3.8) is 0 Å². The Bertz CT molecular complexity index is 1010. The Hall–Kier alpha value is -2.62. The molecule has 1 saturated heterocycles. The van der Waals surface area contributed by atoms with E-state index >= 15 is 0 Å². The van der Waals surface area contributed by atoms with E-state index in [-0.39, 0.29) is 13.1 Å². The number of likely N-dealkylation sites (tertiary alicyclic amines) is 1. The third-order valence-corrected chi connectivity index (χ3v) is 5.96. The van der Waals surface area contributed by atoms with E-state index in [1.807, 2.05) is 31.2 Å². The van der Waals surface area contributed by atoms with Crippen LogP contribution in [0.3, 0.4) is 0 Å². The number of aromatic nitrogens is 3. The van der Waals surface area contributed by atoms with Crippen molar-refractivity contribution in [3.05, 3.63) is 51.7 Å². The van der Waals surface area contributed by atoms with Crippen LogP contribution in [0, 0.1) is 6.92 Å². The van der Waals surface area contributed by atoms with Crippen molar-refractivity contribution in [2.24, 2.45) is 0 Å². The zero-order chi connectivity index (χ0) is 21.7. The van der Waals surface area contributed by atoms with Crippen LogP contribution in [0.2, 0.25) is 0 Å². The molecule has 0 aliphatic carbocycles. The predicted molar refractivity (Wildman–Crippen MR) is 101 cm³/mol. The molecule has 0 unspecified atom stereocenters. The number of halogens is 3. The monoisotopic (exact) mass is 424 g/mol. The van der Waals surface area contributed by atoms with Crippen LogP contribution in [-0.4, -0.2) is 55.1 Å². The van der Waals surface area contributed by atoms with Gasteiger partial charge in [0.15, 0.2) is 5.60 Å². The molecule has 0 spiro atoms. The summed E-state index contributed by atoms with van der Waals surface area (Å²) in [5.74, 6) is -0.116. The van der Waals surface area contributed by atoms with Gasteiger partial charge in [-0.25, -0.2) is 9.48 Å². The average Bonchev–Trinajstić information content (AvgIpc) is 3.25. The Morgan fingerprint density at radius 2 is 2.00 bits per heavy atom. The summed E-state index contributed by atoms with van der Waals surface area (Å²) >= 11 is 0. The second-order valence-electron chi connectivity index (χ2n) is 8.16. The van der Waals surface area contributed by atoms with Crippen LogP contribution < -0.4 is 5.69 Å². The van der Waals surface area contributed by atoms with Crippen LogP contribution in [0.5, 0.6) is 0 Å². The molecular weight excluding hydrogens is 401 g/mol. The summed E-state index contributed by atoms with van der Waals surface area (Å²) in [6.07, 6.45) is -3.90.